The molecule has 1 amide bonds. The first kappa shape index (κ1) is 18.6. The second kappa shape index (κ2) is 8.52. The fourth-order valence-electron chi connectivity index (χ4n) is 3.27. The zero-order valence-corrected chi connectivity index (χ0v) is 16.3. The summed E-state index contributed by atoms with van der Waals surface area (Å²) in [5.74, 6) is 0.586. The smallest absolute Gasteiger partial charge is 0.232 e. The number of nitrogens with zero attached hydrogens (tertiary/aromatic N) is 1. The van der Waals surface area contributed by atoms with Gasteiger partial charge >= 0.3 is 0 Å². The van der Waals surface area contributed by atoms with Gasteiger partial charge in [0.15, 0.2) is 5.13 Å². The molecule has 2 atom stereocenters. The van der Waals surface area contributed by atoms with E-state index in [4.69, 9.17) is 4.74 Å². The zero-order chi connectivity index (χ0) is 19.3. The normalized spacial score (nSPS) is 18.8. The number of amides is 1. The molecule has 7 heteroatoms. The Hall–Kier alpha value is -2.74. The first-order valence-corrected chi connectivity index (χ1v) is 10.2. The molecule has 3 aromatic rings. The molecule has 28 heavy (non-hydrogen) atoms. The van der Waals surface area contributed by atoms with E-state index in [1.807, 2.05) is 66.9 Å². The Kier molecular flexibility index (Phi) is 5.66. The van der Waals surface area contributed by atoms with Gasteiger partial charge in [-0.15, -0.1) is 11.3 Å². The number of benzene rings is 2. The van der Waals surface area contributed by atoms with E-state index < -0.39 is 0 Å². The molecule has 0 aliphatic carbocycles. The average molecular weight is 394 g/mol. The number of rotatable bonds is 6. The van der Waals surface area contributed by atoms with Crippen molar-refractivity contribution in [2.24, 2.45) is 5.92 Å². The summed E-state index contributed by atoms with van der Waals surface area (Å²) in [5, 5.41) is 5.52. The van der Waals surface area contributed by atoms with Crippen LogP contribution in [0.2, 0.25) is 0 Å². The lowest BCUT2D eigenvalue weighted by molar-refractivity contribution is -0.119. The number of nitrogens with one attached hydrogen (secondary N) is 3. The molecule has 0 radical (unpaired) electrons. The highest BCUT2D eigenvalue weighted by Crippen LogP contribution is 2.29. The highest BCUT2D eigenvalue weighted by atomic mass is 32.1. The molecule has 0 spiro atoms. The lowest BCUT2D eigenvalue weighted by atomic mass is 9.94. The number of hydrogen-bond acceptors (Lipinski definition) is 6. The first-order valence-electron chi connectivity index (χ1n) is 9.27. The second-order valence-corrected chi connectivity index (χ2v) is 7.36. The summed E-state index contributed by atoms with van der Waals surface area (Å²) < 4.78 is 5.47. The van der Waals surface area contributed by atoms with Crippen molar-refractivity contribution in [1.29, 1.82) is 0 Å². The van der Waals surface area contributed by atoms with E-state index >= 15 is 0 Å². The van der Waals surface area contributed by atoms with Gasteiger partial charge in [-0.3, -0.25) is 10.2 Å². The number of hydrazine groups is 1. The monoisotopic (exact) mass is 394 g/mol. The molecule has 1 saturated heterocycles. The van der Waals surface area contributed by atoms with Crippen LogP contribution in [-0.4, -0.2) is 24.0 Å². The van der Waals surface area contributed by atoms with Gasteiger partial charge in [0.25, 0.3) is 0 Å². The molecule has 1 fully saturated rings. The fraction of sp³-hybridized carbons (Fsp3) is 0.238. The maximum Gasteiger partial charge on any atom is 0.232 e. The molecule has 4 rings (SSSR count). The molecule has 0 saturated carbocycles. The Balaban J connectivity index is 1.44. The van der Waals surface area contributed by atoms with Gasteiger partial charge in [0.1, 0.15) is 5.75 Å². The minimum Gasteiger partial charge on any atom is -0.494 e. The maximum absolute atomic E-state index is 12.8. The van der Waals surface area contributed by atoms with E-state index in [2.05, 4.69) is 21.2 Å². The molecule has 0 bridgehead atoms. The molecule has 2 unspecified atom stereocenters. The van der Waals surface area contributed by atoms with Crippen LogP contribution < -0.4 is 20.9 Å². The van der Waals surface area contributed by atoms with Crippen molar-refractivity contribution < 1.29 is 9.53 Å². The van der Waals surface area contributed by atoms with Crippen LogP contribution >= 0.6 is 11.3 Å². The summed E-state index contributed by atoms with van der Waals surface area (Å²) in [5.41, 5.74) is 9.21. The lowest BCUT2D eigenvalue weighted by Crippen LogP contribution is -2.29. The van der Waals surface area contributed by atoms with Crippen LogP contribution in [0, 0.1) is 5.92 Å². The van der Waals surface area contributed by atoms with Crippen LogP contribution in [0.5, 0.6) is 5.75 Å². The molecule has 3 N–H and O–H groups in total. The van der Waals surface area contributed by atoms with Gasteiger partial charge in [0, 0.05) is 17.5 Å². The van der Waals surface area contributed by atoms with E-state index in [1.54, 1.807) is 0 Å². The third-order valence-corrected chi connectivity index (χ3v) is 5.43. The van der Waals surface area contributed by atoms with Crippen LogP contribution in [0.25, 0.3) is 11.3 Å². The van der Waals surface area contributed by atoms with Gasteiger partial charge in [0.05, 0.1) is 24.3 Å². The molecule has 1 aliphatic heterocycles. The first-order chi connectivity index (χ1) is 13.7. The van der Waals surface area contributed by atoms with Crippen LogP contribution in [0.15, 0.2) is 60.0 Å². The molecular weight excluding hydrogens is 372 g/mol. The van der Waals surface area contributed by atoms with Crippen molar-refractivity contribution in [2.45, 2.75) is 13.0 Å². The highest BCUT2D eigenvalue weighted by Gasteiger charge is 2.34. The lowest BCUT2D eigenvalue weighted by Gasteiger charge is -2.17. The maximum atomic E-state index is 12.8. The minimum absolute atomic E-state index is 0.0426. The van der Waals surface area contributed by atoms with Crippen molar-refractivity contribution in [1.82, 2.24) is 15.8 Å². The van der Waals surface area contributed by atoms with Gasteiger partial charge in [-0.1, -0.05) is 30.3 Å². The SMILES string of the molecule is CCOc1ccc(-c2csc(NC(=O)C3CNNC3c3ccccc3)n2)cc1. The third-order valence-electron chi connectivity index (χ3n) is 4.67. The van der Waals surface area contributed by atoms with Gasteiger partial charge < -0.3 is 10.1 Å². The minimum atomic E-state index is -0.208. The van der Waals surface area contributed by atoms with Crippen molar-refractivity contribution in [3.8, 4) is 17.0 Å². The van der Waals surface area contributed by atoms with Crippen LogP contribution in [-0.2, 0) is 4.79 Å². The van der Waals surface area contributed by atoms with Gasteiger partial charge in [-0.05, 0) is 36.8 Å². The van der Waals surface area contributed by atoms with Crippen LogP contribution in [0.3, 0.4) is 0 Å². The van der Waals surface area contributed by atoms with Crippen molar-refractivity contribution in [3.63, 3.8) is 0 Å². The van der Waals surface area contributed by atoms with E-state index in [-0.39, 0.29) is 17.9 Å². The number of thiazole rings is 1. The van der Waals surface area contributed by atoms with E-state index in [0.29, 0.717) is 18.3 Å². The molecule has 2 aromatic carbocycles. The van der Waals surface area contributed by atoms with Gasteiger partial charge in [-0.25, -0.2) is 10.4 Å². The number of ether oxygens (including phenoxy) is 1. The Morgan fingerprint density at radius 3 is 2.75 bits per heavy atom. The van der Waals surface area contributed by atoms with E-state index in [1.165, 1.54) is 11.3 Å². The predicted molar refractivity (Wildman–Crippen MR) is 111 cm³/mol. The molecule has 1 aliphatic rings. The standard InChI is InChI=1S/C21H22N4O2S/c1-2-27-16-10-8-14(9-11-16)18-13-28-21(23-18)24-20(26)17-12-22-25-19(17)15-6-4-3-5-7-15/h3-11,13,17,19,22,25H,2,12H2,1H3,(H,23,24,26). The topological polar surface area (TPSA) is 75.3 Å². The highest BCUT2D eigenvalue weighted by molar-refractivity contribution is 7.14. The second-order valence-electron chi connectivity index (χ2n) is 6.50. The van der Waals surface area contributed by atoms with Crippen molar-refractivity contribution in [3.05, 3.63) is 65.5 Å². The summed E-state index contributed by atoms with van der Waals surface area (Å²) in [6, 6.07) is 17.7. The van der Waals surface area contributed by atoms with Crippen molar-refractivity contribution >= 4 is 22.4 Å². The molecule has 1 aromatic heterocycles. The summed E-state index contributed by atoms with van der Waals surface area (Å²) in [6.07, 6.45) is 0. The number of hydrogen-bond donors (Lipinski definition) is 3. The fourth-order valence-corrected chi connectivity index (χ4v) is 3.99. The molecule has 144 valence electrons. The molecule has 2 heterocycles. The van der Waals surface area contributed by atoms with Gasteiger partial charge in [-0.2, -0.15) is 0 Å². The van der Waals surface area contributed by atoms with Crippen molar-refractivity contribution in [2.75, 3.05) is 18.5 Å². The van der Waals surface area contributed by atoms with E-state index in [0.717, 1.165) is 22.6 Å². The van der Waals surface area contributed by atoms with E-state index in [9.17, 15) is 4.79 Å². The Morgan fingerprint density at radius 1 is 1.21 bits per heavy atom. The number of carbonyl (C=O) groups is 1. The zero-order valence-electron chi connectivity index (χ0n) is 15.5. The largest absolute Gasteiger partial charge is 0.494 e. The van der Waals surface area contributed by atoms with Crippen LogP contribution in [0.4, 0.5) is 5.13 Å². The van der Waals surface area contributed by atoms with Gasteiger partial charge in [0.2, 0.25) is 5.91 Å². The summed E-state index contributed by atoms with van der Waals surface area (Å²) in [7, 11) is 0. The Labute approximate surface area is 167 Å². The quantitative estimate of drug-likeness (QED) is 0.595. The summed E-state index contributed by atoms with van der Waals surface area (Å²) in [6.45, 7) is 3.17. The number of aromatic nitrogens is 1. The summed E-state index contributed by atoms with van der Waals surface area (Å²) >= 11 is 1.43. The third kappa shape index (κ3) is 4.06. The Morgan fingerprint density at radius 2 is 2.00 bits per heavy atom. The summed E-state index contributed by atoms with van der Waals surface area (Å²) in [4.78, 5) is 17.4. The number of anilines is 1. The Bertz CT molecular complexity index is 927. The average Bonchev–Trinajstić information content (AvgIpc) is 3.39. The predicted octanol–water partition coefficient (Wildman–Crippen LogP) is 3.61. The molecular formula is C21H22N4O2S. The van der Waals surface area contributed by atoms with Crippen LogP contribution in [0.1, 0.15) is 18.5 Å². The number of carbonyl (C=O) groups excluding carboxylic acids is 1. The molecule has 6 nitrogen and oxygen atoms in total.